The maximum atomic E-state index is 12.0. The third-order valence-corrected chi connectivity index (χ3v) is 3.71. The van der Waals surface area contributed by atoms with Crippen molar-refractivity contribution in [1.29, 1.82) is 0 Å². The van der Waals surface area contributed by atoms with E-state index in [2.05, 4.69) is 5.32 Å². The Morgan fingerprint density at radius 1 is 1.04 bits per heavy atom. The maximum Gasteiger partial charge on any atom is 0.333 e. The summed E-state index contributed by atoms with van der Waals surface area (Å²) < 4.78 is 10.8. The monoisotopic (exact) mass is 416 g/mol. The van der Waals surface area contributed by atoms with Crippen LogP contribution in [0.3, 0.4) is 0 Å². The van der Waals surface area contributed by atoms with E-state index in [1.54, 1.807) is 24.3 Å². The lowest BCUT2D eigenvalue weighted by Crippen LogP contribution is -2.40. The Labute approximate surface area is 171 Å². The Hall–Kier alpha value is -2.32. The molecule has 158 valence electrons. The van der Waals surface area contributed by atoms with E-state index in [0.29, 0.717) is 24.7 Å². The third-order valence-electron chi connectivity index (χ3n) is 3.71. The molecule has 1 amide bonds. The van der Waals surface area contributed by atoms with E-state index >= 15 is 0 Å². The molecule has 1 aromatic rings. The van der Waals surface area contributed by atoms with Gasteiger partial charge in [-0.2, -0.15) is 0 Å². The molecule has 0 heterocycles. The second-order valence-corrected chi connectivity index (χ2v) is 6.13. The van der Waals surface area contributed by atoms with Gasteiger partial charge in [-0.25, -0.2) is 4.79 Å². The Balaban J connectivity index is 0.00000729. The van der Waals surface area contributed by atoms with Crippen molar-refractivity contribution in [3.63, 3.8) is 0 Å². The largest absolute Gasteiger partial charge is 0.494 e. The topological polar surface area (TPSA) is 128 Å². The average molecular weight is 417 g/mol. The molecule has 0 saturated heterocycles. The number of carboxylic acids is 1. The number of ether oxygens (including phenoxy) is 2. The lowest BCUT2D eigenvalue weighted by Gasteiger charge is -2.13. The van der Waals surface area contributed by atoms with E-state index in [0.717, 1.165) is 25.7 Å². The number of amides is 1. The van der Waals surface area contributed by atoms with Gasteiger partial charge in [0.25, 0.3) is 0 Å². The highest BCUT2D eigenvalue weighted by atomic mass is 35.5. The first-order chi connectivity index (χ1) is 12.9. The SMILES string of the molecule is CC(NC(=O)CCC(=O)O)C(=O)Oc1ccc(OCCCCCCN)cc1.Cl. The zero-order valence-corrected chi connectivity index (χ0v) is 16.8. The molecule has 1 rings (SSSR count). The molecule has 28 heavy (non-hydrogen) atoms. The average Bonchev–Trinajstić information content (AvgIpc) is 2.64. The lowest BCUT2D eigenvalue weighted by atomic mass is 10.2. The molecule has 0 spiro atoms. The standard InChI is InChI=1S/C19H28N2O6.ClH/c1-14(21-17(22)10-11-18(23)24)19(25)27-16-8-6-15(7-9-16)26-13-5-3-2-4-12-20;/h6-9,14H,2-5,10-13,20H2,1H3,(H,21,22)(H,23,24);1H. The van der Waals surface area contributed by atoms with E-state index < -0.39 is 23.9 Å². The van der Waals surface area contributed by atoms with Crippen LogP contribution in [0.5, 0.6) is 11.5 Å². The fraction of sp³-hybridized carbons (Fsp3) is 0.526. The van der Waals surface area contributed by atoms with Crippen molar-refractivity contribution in [3.8, 4) is 11.5 Å². The number of aliphatic carboxylic acids is 1. The fourth-order valence-electron chi connectivity index (χ4n) is 2.19. The van der Waals surface area contributed by atoms with E-state index in [-0.39, 0.29) is 25.2 Å². The van der Waals surface area contributed by atoms with Crippen LogP contribution in [-0.2, 0) is 14.4 Å². The molecule has 0 saturated carbocycles. The summed E-state index contributed by atoms with van der Waals surface area (Å²) in [5, 5.41) is 10.9. The van der Waals surface area contributed by atoms with Crippen LogP contribution in [-0.4, -0.2) is 42.1 Å². The van der Waals surface area contributed by atoms with Gasteiger partial charge in [0.2, 0.25) is 5.91 Å². The zero-order valence-electron chi connectivity index (χ0n) is 16.0. The summed E-state index contributed by atoms with van der Waals surface area (Å²) in [5.41, 5.74) is 5.44. The van der Waals surface area contributed by atoms with Gasteiger partial charge < -0.3 is 25.6 Å². The van der Waals surface area contributed by atoms with Gasteiger partial charge in [0.15, 0.2) is 0 Å². The van der Waals surface area contributed by atoms with Gasteiger partial charge in [0.05, 0.1) is 13.0 Å². The molecule has 4 N–H and O–H groups in total. The minimum atomic E-state index is -1.07. The number of halogens is 1. The van der Waals surface area contributed by atoms with Gasteiger partial charge in [0.1, 0.15) is 17.5 Å². The van der Waals surface area contributed by atoms with Crippen LogP contribution in [0.25, 0.3) is 0 Å². The molecule has 0 aliphatic heterocycles. The highest BCUT2D eigenvalue weighted by Crippen LogP contribution is 2.18. The fourth-order valence-corrected chi connectivity index (χ4v) is 2.19. The summed E-state index contributed by atoms with van der Waals surface area (Å²) >= 11 is 0. The number of hydrogen-bond donors (Lipinski definition) is 3. The summed E-state index contributed by atoms with van der Waals surface area (Å²) in [4.78, 5) is 33.9. The van der Waals surface area contributed by atoms with Gasteiger partial charge in [-0.1, -0.05) is 12.8 Å². The van der Waals surface area contributed by atoms with Gasteiger partial charge >= 0.3 is 11.9 Å². The molecule has 1 atom stereocenters. The Bertz CT molecular complexity index is 609. The molecule has 0 aliphatic carbocycles. The number of carbonyl (C=O) groups is 3. The second-order valence-electron chi connectivity index (χ2n) is 6.13. The normalized spacial score (nSPS) is 11.1. The number of nitrogens with two attached hydrogens (primary N) is 1. The van der Waals surface area contributed by atoms with E-state index in [9.17, 15) is 14.4 Å². The lowest BCUT2D eigenvalue weighted by molar-refractivity contribution is -0.140. The molecule has 0 bridgehead atoms. The van der Waals surface area contributed by atoms with Crippen LogP contribution >= 0.6 is 12.4 Å². The minimum absolute atomic E-state index is 0. The van der Waals surface area contributed by atoms with Crippen molar-refractivity contribution in [2.45, 2.75) is 51.5 Å². The van der Waals surface area contributed by atoms with Crippen LogP contribution in [0, 0.1) is 0 Å². The van der Waals surface area contributed by atoms with Gasteiger partial charge in [-0.05, 0) is 50.6 Å². The molecule has 1 aromatic carbocycles. The van der Waals surface area contributed by atoms with Crippen molar-refractivity contribution in [3.05, 3.63) is 24.3 Å². The first-order valence-electron chi connectivity index (χ1n) is 9.08. The van der Waals surface area contributed by atoms with E-state index in [4.69, 9.17) is 20.3 Å². The number of benzene rings is 1. The Morgan fingerprint density at radius 2 is 1.64 bits per heavy atom. The molecule has 0 aliphatic rings. The first-order valence-corrected chi connectivity index (χ1v) is 9.08. The van der Waals surface area contributed by atoms with E-state index in [1.165, 1.54) is 6.92 Å². The smallest absolute Gasteiger partial charge is 0.333 e. The number of rotatable bonds is 13. The predicted octanol–water partition coefficient (Wildman–Crippen LogP) is 2.28. The quantitative estimate of drug-likeness (QED) is 0.255. The summed E-state index contributed by atoms with van der Waals surface area (Å²) in [6.07, 6.45) is 3.67. The van der Waals surface area contributed by atoms with Crippen LogP contribution in [0.1, 0.15) is 45.4 Å². The van der Waals surface area contributed by atoms with Gasteiger partial charge in [0, 0.05) is 6.42 Å². The number of unbranched alkanes of at least 4 members (excludes halogenated alkanes) is 3. The van der Waals surface area contributed by atoms with Crippen molar-refractivity contribution < 1.29 is 29.0 Å². The molecule has 0 fully saturated rings. The number of nitrogens with one attached hydrogen (secondary N) is 1. The van der Waals surface area contributed by atoms with E-state index in [1.807, 2.05) is 0 Å². The molecule has 0 aromatic heterocycles. The van der Waals surface area contributed by atoms with Crippen molar-refractivity contribution in [1.82, 2.24) is 5.32 Å². The number of carboxylic acid groups (broad SMARTS) is 1. The van der Waals surface area contributed by atoms with Crippen LogP contribution in [0.15, 0.2) is 24.3 Å². The third kappa shape index (κ3) is 11.4. The molecule has 9 heteroatoms. The molecule has 1 unspecified atom stereocenters. The highest BCUT2D eigenvalue weighted by molar-refractivity contribution is 5.86. The van der Waals surface area contributed by atoms with Gasteiger partial charge in [-0.3, -0.25) is 9.59 Å². The second kappa shape index (κ2) is 14.7. The van der Waals surface area contributed by atoms with Gasteiger partial charge in [-0.15, -0.1) is 12.4 Å². The summed E-state index contributed by atoms with van der Waals surface area (Å²) in [6, 6.07) is 5.76. The summed E-state index contributed by atoms with van der Waals surface area (Å²) in [7, 11) is 0. The van der Waals surface area contributed by atoms with Crippen molar-refractivity contribution in [2.24, 2.45) is 5.73 Å². The first kappa shape index (κ1) is 25.7. The van der Waals surface area contributed by atoms with Crippen LogP contribution in [0.2, 0.25) is 0 Å². The van der Waals surface area contributed by atoms with Crippen molar-refractivity contribution in [2.75, 3.05) is 13.2 Å². The maximum absolute atomic E-state index is 12.0. The highest BCUT2D eigenvalue weighted by Gasteiger charge is 2.18. The molecule has 0 radical (unpaired) electrons. The Kier molecular flexibility index (Phi) is 13.5. The zero-order chi connectivity index (χ0) is 20.1. The van der Waals surface area contributed by atoms with Crippen LogP contribution < -0.4 is 20.5 Å². The Morgan fingerprint density at radius 3 is 2.25 bits per heavy atom. The number of carbonyl (C=O) groups excluding carboxylic acids is 2. The van der Waals surface area contributed by atoms with Crippen LogP contribution in [0.4, 0.5) is 0 Å². The predicted molar refractivity (Wildman–Crippen MR) is 107 cm³/mol. The minimum Gasteiger partial charge on any atom is -0.494 e. The molecule has 8 nitrogen and oxygen atoms in total. The summed E-state index contributed by atoms with van der Waals surface area (Å²) in [6.45, 7) is 2.80. The molecular formula is C19H29ClN2O6. The van der Waals surface area contributed by atoms with Crippen molar-refractivity contribution >= 4 is 30.3 Å². The number of hydrogen-bond acceptors (Lipinski definition) is 6. The molecular weight excluding hydrogens is 388 g/mol. The number of esters is 1. The summed E-state index contributed by atoms with van der Waals surface area (Å²) in [5.74, 6) is -1.20.